The summed E-state index contributed by atoms with van der Waals surface area (Å²) in [4.78, 5) is 26.3. The lowest BCUT2D eigenvalue weighted by Crippen LogP contribution is -2.35. The molecule has 0 saturated heterocycles. The van der Waals surface area contributed by atoms with Gasteiger partial charge in [-0.25, -0.2) is 0 Å². The summed E-state index contributed by atoms with van der Waals surface area (Å²) in [5, 5.41) is 0. The summed E-state index contributed by atoms with van der Waals surface area (Å²) in [6.45, 7) is 15.5. The molecule has 4 rings (SSSR count). The van der Waals surface area contributed by atoms with Crippen molar-refractivity contribution in [3.05, 3.63) is 0 Å². The SMILES string of the molecule is CCC(CC1CC(C(=O)OCOC2CC3CCC2C3)CCC1C)OC(=O)C1(CC(C)(C)C)CC1(C)C. The van der Waals surface area contributed by atoms with E-state index in [0.717, 1.165) is 57.3 Å². The summed E-state index contributed by atoms with van der Waals surface area (Å²) >= 11 is 0. The first kappa shape index (κ1) is 27.9. The second kappa shape index (κ2) is 10.6. The van der Waals surface area contributed by atoms with E-state index >= 15 is 0 Å². The van der Waals surface area contributed by atoms with Crippen molar-refractivity contribution in [2.75, 3.05) is 6.79 Å². The molecule has 4 aliphatic carbocycles. The fraction of sp³-hybridized carbons (Fsp3) is 0.935. The molecule has 0 aromatic heterocycles. The van der Waals surface area contributed by atoms with Crippen LogP contribution < -0.4 is 0 Å². The topological polar surface area (TPSA) is 61.8 Å². The Hall–Kier alpha value is -1.10. The summed E-state index contributed by atoms with van der Waals surface area (Å²) in [6, 6.07) is 0. The van der Waals surface area contributed by atoms with Crippen molar-refractivity contribution in [3.8, 4) is 0 Å². The second-order valence-electron chi connectivity index (χ2n) is 14.8. The van der Waals surface area contributed by atoms with Crippen LogP contribution in [0.2, 0.25) is 0 Å². The Morgan fingerprint density at radius 1 is 1.03 bits per heavy atom. The monoisotopic (exact) mass is 504 g/mol. The molecule has 0 aromatic rings. The Bertz CT molecular complexity index is 797. The molecule has 5 nitrogen and oxygen atoms in total. The molecule has 4 aliphatic rings. The van der Waals surface area contributed by atoms with E-state index in [0.29, 0.717) is 17.8 Å². The molecule has 8 atom stereocenters. The number of fused-ring (bicyclic) bond motifs is 2. The minimum atomic E-state index is -0.359. The minimum Gasteiger partial charge on any atom is -0.462 e. The van der Waals surface area contributed by atoms with Gasteiger partial charge in [-0.15, -0.1) is 0 Å². The Morgan fingerprint density at radius 2 is 1.75 bits per heavy atom. The largest absolute Gasteiger partial charge is 0.462 e. The van der Waals surface area contributed by atoms with Gasteiger partial charge in [-0.2, -0.15) is 0 Å². The van der Waals surface area contributed by atoms with E-state index in [1.165, 1.54) is 19.3 Å². The van der Waals surface area contributed by atoms with E-state index < -0.39 is 0 Å². The normalized spacial score (nSPS) is 38.0. The molecule has 0 heterocycles. The van der Waals surface area contributed by atoms with E-state index in [9.17, 15) is 9.59 Å². The van der Waals surface area contributed by atoms with Crippen LogP contribution in [-0.4, -0.2) is 30.9 Å². The molecule has 0 aromatic carbocycles. The highest BCUT2D eigenvalue weighted by Crippen LogP contribution is 2.68. The zero-order chi connectivity index (χ0) is 26.3. The molecule has 36 heavy (non-hydrogen) atoms. The second-order valence-corrected chi connectivity index (χ2v) is 14.8. The zero-order valence-corrected chi connectivity index (χ0v) is 24.1. The van der Waals surface area contributed by atoms with Crippen LogP contribution in [0.15, 0.2) is 0 Å². The number of carbonyl (C=O) groups excluding carboxylic acids is 2. The Morgan fingerprint density at radius 3 is 2.31 bits per heavy atom. The highest BCUT2D eigenvalue weighted by Gasteiger charge is 2.68. The molecule has 0 N–H and O–H groups in total. The maximum absolute atomic E-state index is 13.5. The molecule has 0 amide bonds. The van der Waals surface area contributed by atoms with Gasteiger partial charge in [0.15, 0.2) is 6.79 Å². The van der Waals surface area contributed by atoms with Crippen LogP contribution in [0.4, 0.5) is 0 Å². The van der Waals surface area contributed by atoms with E-state index in [1.807, 2.05) is 0 Å². The number of rotatable bonds is 10. The van der Waals surface area contributed by atoms with Crippen molar-refractivity contribution in [3.63, 3.8) is 0 Å². The third-order valence-corrected chi connectivity index (χ3v) is 10.3. The zero-order valence-electron chi connectivity index (χ0n) is 24.1. The molecule has 5 heteroatoms. The predicted molar refractivity (Wildman–Crippen MR) is 141 cm³/mol. The number of ether oxygens (including phenoxy) is 3. The Balaban J connectivity index is 1.26. The van der Waals surface area contributed by atoms with Crippen molar-refractivity contribution in [1.82, 2.24) is 0 Å². The summed E-state index contributed by atoms with van der Waals surface area (Å²) in [7, 11) is 0. The highest BCUT2D eigenvalue weighted by atomic mass is 16.7. The molecule has 0 spiro atoms. The fourth-order valence-corrected chi connectivity index (χ4v) is 7.88. The van der Waals surface area contributed by atoms with Crippen LogP contribution in [0, 0.1) is 45.8 Å². The fourth-order valence-electron chi connectivity index (χ4n) is 7.88. The Kier molecular flexibility index (Phi) is 8.20. The minimum absolute atomic E-state index is 0.00273. The third-order valence-electron chi connectivity index (χ3n) is 10.3. The van der Waals surface area contributed by atoms with Crippen molar-refractivity contribution >= 4 is 11.9 Å². The molecule has 206 valence electrons. The first-order chi connectivity index (χ1) is 16.8. The molecular weight excluding hydrogens is 452 g/mol. The van der Waals surface area contributed by atoms with E-state index in [2.05, 4.69) is 48.5 Å². The molecule has 4 fully saturated rings. The highest BCUT2D eigenvalue weighted by molar-refractivity contribution is 5.82. The first-order valence-corrected chi connectivity index (χ1v) is 14.8. The average molecular weight is 505 g/mol. The van der Waals surface area contributed by atoms with Gasteiger partial charge >= 0.3 is 11.9 Å². The van der Waals surface area contributed by atoms with Crippen molar-refractivity contribution < 1.29 is 23.8 Å². The van der Waals surface area contributed by atoms with Crippen LogP contribution in [0.1, 0.15) is 119 Å². The number of esters is 2. The van der Waals surface area contributed by atoms with Gasteiger partial charge in [0.05, 0.1) is 17.4 Å². The molecule has 8 unspecified atom stereocenters. The van der Waals surface area contributed by atoms with Crippen LogP contribution in [0.25, 0.3) is 0 Å². The van der Waals surface area contributed by atoms with Gasteiger partial charge in [-0.05, 0) is 105 Å². The molecule has 0 radical (unpaired) electrons. The quantitative estimate of drug-likeness (QED) is 0.231. The van der Waals surface area contributed by atoms with Crippen molar-refractivity contribution in [2.45, 2.75) is 131 Å². The van der Waals surface area contributed by atoms with E-state index in [-0.39, 0.29) is 53.1 Å². The number of carbonyl (C=O) groups is 2. The summed E-state index contributed by atoms with van der Waals surface area (Å²) in [6.07, 6.45) is 11.4. The summed E-state index contributed by atoms with van der Waals surface area (Å²) < 4.78 is 17.8. The third kappa shape index (κ3) is 6.13. The number of hydrogen-bond acceptors (Lipinski definition) is 5. The van der Waals surface area contributed by atoms with Gasteiger partial charge in [0.1, 0.15) is 6.10 Å². The molecule has 2 bridgehead atoms. The average Bonchev–Trinajstić information content (AvgIpc) is 3.14. The lowest BCUT2D eigenvalue weighted by molar-refractivity contribution is -0.171. The number of hydrogen-bond donors (Lipinski definition) is 0. The smallest absolute Gasteiger partial charge is 0.312 e. The first-order valence-electron chi connectivity index (χ1n) is 14.8. The summed E-state index contributed by atoms with van der Waals surface area (Å²) in [5.41, 5.74) is -0.272. The summed E-state index contributed by atoms with van der Waals surface area (Å²) in [5.74, 6) is 2.20. The van der Waals surface area contributed by atoms with Gasteiger partial charge in [0.25, 0.3) is 0 Å². The predicted octanol–water partition coefficient (Wildman–Crippen LogP) is 7.31. The van der Waals surface area contributed by atoms with Crippen molar-refractivity contribution in [2.24, 2.45) is 45.8 Å². The van der Waals surface area contributed by atoms with Gasteiger partial charge in [-0.3, -0.25) is 9.59 Å². The standard InChI is InChI=1S/C31H52O5/c1-8-25(36-28(33)31(17-29(3,4)5)18-30(31,6)7)16-24-15-23(11-9-20(24)2)27(32)35-19-34-26-14-21-10-12-22(26)13-21/h20-26H,8-19H2,1-7H3. The van der Waals surface area contributed by atoms with Gasteiger partial charge in [0, 0.05) is 0 Å². The van der Waals surface area contributed by atoms with Crippen LogP contribution in [0.5, 0.6) is 0 Å². The lowest BCUT2D eigenvalue weighted by atomic mass is 9.72. The lowest BCUT2D eigenvalue weighted by Gasteiger charge is -2.36. The molecule has 0 aliphatic heterocycles. The van der Waals surface area contributed by atoms with Crippen molar-refractivity contribution in [1.29, 1.82) is 0 Å². The van der Waals surface area contributed by atoms with E-state index in [1.54, 1.807) is 0 Å². The maximum atomic E-state index is 13.5. The van der Waals surface area contributed by atoms with Crippen LogP contribution in [-0.2, 0) is 23.8 Å². The maximum Gasteiger partial charge on any atom is 0.312 e. The van der Waals surface area contributed by atoms with Gasteiger partial charge in [0.2, 0.25) is 0 Å². The van der Waals surface area contributed by atoms with Gasteiger partial charge in [-0.1, -0.05) is 48.5 Å². The van der Waals surface area contributed by atoms with Crippen LogP contribution in [0.3, 0.4) is 0 Å². The Labute approximate surface area is 219 Å². The molecule has 4 saturated carbocycles. The van der Waals surface area contributed by atoms with E-state index in [4.69, 9.17) is 14.2 Å². The van der Waals surface area contributed by atoms with Crippen LogP contribution >= 0.6 is 0 Å². The van der Waals surface area contributed by atoms with Gasteiger partial charge < -0.3 is 14.2 Å². The molecular formula is C31H52O5.